The lowest BCUT2D eigenvalue weighted by atomic mass is 9.99. The molecule has 1 aliphatic carbocycles. The van der Waals surface area contributed by atoms with Crippen molar-refractivity contribution in [3.63, 3.8) is 0 Å². The van der Waals surface area contributed by atoms with E-state index in [2.05, 4.69) is 10.9 Å². The summed E-state index contributed by atoms with van der Waals surface area (Å²) < 4.78 is 0. The quantitative estimate of drug-likeness (QED) is 0.838. The van der Waals surface area contributed by atoms with Gasteiger partial charge in [-0.2, -0.15) is 0 Å². The highest BCUT2D eigenvalue weighted by atomic mass is 32.1. The Morgan fingerprint density at radius 3 is 2.50 bits per heavy atom. The fourth-order valence-corrected chi connectivity index (χ4v) is 4.01. The van der Waals surface area contributed by atoms with Crippen molar-refractivity contribution in [2.24, 2.45) is 0 Å². The maximum atomic E-state index is 12.0. The number of carbonyl (C=O) groups excluding carboxylic acids is 2. The summed E-state index contributed by atoms with van der Waals surface area (Å²) in [5.74, 6) is -0.524. The first-order chi connectivity index (χ1) is 9.74. The topological polar surface area (TPSA) is 58.2 Å². The molecule has 1 aliphatic rings. The highest BCUT2D eigenvalue weighted by Gasteiger charge is 2.17. The summed E-state index contributed by atoms with van der Waals surface area (Å²) in [4.78, 5) is 26.3. The lowest BCUT2D eigenvalue weighted by Gasteiger charge is -2.08. The van der Waals surface area contributed by atoms with Crippen LogP contribution in [0, 0.1) is 0 Å². The number of fused-ring (bicyclic) bond motifs is 1. The molecule has 0 bridgehead atoms. The minimum atomic E-state index is -0.283. The third-order valence-corrected chi connectivity index (χ3v) is 5.36. The zero-order valence-corrected chi connectivity index (χ0v) is 12.4. The van der Waals surface area contributed by atoms with Crippen LogP contribution in [-0.4, -0.2) is 11.8 Å². The van der Waals surface area contributed by atoms with E-state index in [0.29, 0.717) is 9.75 Å². The minimum absolute atomic E-state index is 0.241. The zero-order chi connectivity index (χ0) is 13.9. The maximum absolute atomic E-state index is 12.0. The van der Waals surface area contributed by atoms with Gasteiger partial charge in [-0.1, -0.05) is 6.07 Å². The van der Waals surface area contributed by atoms with Crippen molar-refractivity contribution < 1.29 is 9.59 Å². The second-order valence-corrected chi connectivity index (χ2v) is 6.74. The molecular formula is C14H14N2O2S2. The van der Waals surface area contributed by atoms with Crippen LogP contribution >= 0.6 is 22.7 Å². The summed E-state index contributed by atoms with van der Waals surface area (Å²) >= 11 is 2.87. The third kappa shape index (κ3) is 2.76. The lowest BCUT2D eigenvalue weighted by Crippen LogP contribution is -2.41. The van der Waals surface area contributed by atoms with Crippen LogP contribution in [0.4, 0.5) is 0 Å². The van der Waals surface area contributed by atoms with Gasteiger partial charge in [0, 0.05) is 4.88 Å². The van der Waals surface area contributed by atoms with Crippen LogP contribution in [0.1, 0.15) is 42.6 Å². The molecule has 2 amide bonds. The molecule has 0 aromatic carbocycles. The van der Waals surface area contributed by atoms with Crippen LogP contribution in [0.15, 0.2) is 23.6 Å². The Balaban J connectivity index is 1.62. The van der Waals surface area contributed by atoms with Crippen molar-refractivity contribution in [3.8, 4) is 0 Å². The Labute approximate surface area is 124 Å². The van der Waals surface area contributed by atoms with Crippen molar-refractivity contribution in [3.05, 3.63) is 43.8 Å². The van der Waals surface area contributed by atoms with Crippen molar-refractivity contribution in [1.82, 2.24) is 10.9 Å². The molecule has 0 atom stereocenters. The number of thiophene rings is 2. The van der Waals surface area contributed by atoms with Crippen LogP contribution in [0.2, 0.25) is 0 Å². The average molecular weight is 306 g/mol. The Morgan fingerprint density at radius 2 is 1.80 bits per heavy atom. The van der Waals surface area contributed by atoms with Crippen LogP contribution < -0.4 is 10.9 Å². The van der Waals surface area contributed by atoms with Gasteiger partial charge in [0.1, 0.15) is 0 Å². The van der Waals surface area contributed by atoms with Crippen LogP contribution in [-0.2, 0) is 12.8 Å². The molecule has 4 nitrogen and oxygen atoms in total. The number of amides is 2. The number of carbonyl (C=O) groups is 2. The van der Waals surface area contributed by atoms with E-state index in [-0.39, 0.29) is 11.8 Å². The Bertz CT molecular complexity index is 608. The van der Waals surface area contributed by atoms with E-state index in [0.717, 1.165) is 12.8 Å². The second kappa shape index (κ2) is 5.76. The number of nitrogens with one attached hydrogen (secondary N) is 2. The van der Waals surface area contributed by atoms with E-state index < -0.39 is 0 Å². The molecule has 0 aliphatic heterocycles. The molecule has 20 heavy (non-hydrogen) atoms. The Hall–Kier alpha value is -1.66. The van der Waals surface area contributed by atoms with Crippen LogP contribution in [0.3, 0.4) is 0 Å². The number of aryl methyl sites for hydroxylation is 2. The van der Waals surface area contributed by atoms with Gasteiger partial charge in [-0.3, -0.25) is 20.4 Å². The van der Waals surface area contributed by atoms with Gasteiger partial charge >= 0.3 is 0 Å². The lowest BCUT2D eigenvalue weighted by molar-refractivity contribution is 0.0851. The van der Waals surface area contributed by atoms with Crippen LogP contribution in [0.25, 0.3) is 0 Å². The first-order valence-corrected chi connectivity index (χ1v) is 8.19. The van der Waals surface area contributed by atoms with E-state index >= 15 is 0 Å². The third-order valence-electron chi connectivity index (χ3n) is 3.25. The molecule has 6 heteroatoms. The van der Waals surface area contributed by atoms with Crippen molar-refractivity contribution in [2.45, 2.75) is 25.7 Å². The molecule has 0 fully saturated rings. The normalized spacial score (nSPS) is 13.6. The molecule has 0 spiro atoms. The SMILES string of the molecule is O=C(NNC(=O)c1cc2c(s1)CCCC2)c1cccs1. The minimum Gasteiger partial charge on any atom is -0.266 e. The molecule has 0 radical (unpaired) electrons. The van der Waals surface area contributed by atoms with Gasteiger partial charge in [0.25, 0.3) is 11.8 Å². The Kier molecular flexibility index (Phi) is 3.84. The molecule has 0 unspecified atom stereocenters. The largest absolute Gasteiger partial charge is 0.279 e. The first kappa shape index (κ1) is 13.3. The fraction of sp³-hybridized carbons (Fsp3) is 0.286. The van der Waals surface area contributed by atoms with Gasteiger partial charge in [0.05, 0.1) is 9.75 Å². The van der Waals surface area contributed by atoms with E-state index in [1.54, 1.807) is 12.1 Å². The molecule has 3 rings (SSSR count). The molecule has 0 saturated carbocycles. The smallest absolute Gasteiger partial charge is 0.266 e. The first-order valence-electron chi connectivity index (χ1n) is 6.50. The van der Waals surface area contributed by atoms with Gasteiger partial charge in [-0.25, -0.2) is 0 Å². The molecule has 2 heterocycles. The van der Waals surface area contributed by atoms with Gasteiger partial charge < -0.3 is 0 Å². The molecule has 2 aromatic rings. The highest BCUT2D eigenvalue weighted by molar-refractivity contribution is 7.14. The molecular weight excluding hydrogens is 292 g/mol. The molecule has 2 aromatic heterocycles. The summed E-state index contributed by atoms with van der Waals surface area (Å²) in [5.41, 5.74) is 6.20. The van der Waals surface area contributed by atoms with Gasteiger partial charge in [-0.05, 0) is 48.8 Å². The zero-order valence-electron chi connectivity index (χ0n) is 10.8. The van der Waals surface area contributed by atoms with Gasteiger partial charge in [-0.15, -0.1) is 22.7 Å². The Morgan fingerprint density at radius 1 is 1.05 bits per heavy atom. The summed E-state index contributed by atoms with van der Waals surface area (Å²) in [5, 5.41) is 1.82. The fourth-order valence-electron chi connectivity index (χ4n) is 2.25. The predicted octanol–water partition coefficient (Wildman–Crippen LogP) is 2.76. The number of hydrogen-bond donors (Lipinski definition) is 2. The van der Waals surface area contributed by atoms with Crippen molar-refractivity contribution in [1.29, 1.82) is 0 Å². The number of hydrazine groups is 1. The molecule has 2 N–H and O–H groups in total. The van der Waals surface area contributed by atoms with Gasteiger partial charge in [0.2, 0.25) is 0 Å². The van der Waals surface area contributed by atoms with E-state index in [1.807, 2.05) is 11.4 Å². The number of hydrogen-bond acceptors (Lipinski definition) is 4. The van der Waals surface area contributed by atoms with E-state index in [4.69, 9.17) is 0 Å². The van der Waals surface area contributed by atoms with Gasteiger partial charge in [0.15, 0.2) is 0 Å². The number of rotatable bonds is 2. The summed E-state index contributed by atoms with van der Waals surface area (Å²) in [6.07, 6.45) is 4.51. The standard InChI is InChI=1S/C14H14N2O2S2/c17-13(11-6-3-7-19-11)15-16-14(18)12-8-9-4-1-2-5-10(9)20-12/h3,6-8H,1-2,4-5H2,(H,15,17)(H,16,18). The molecule has 0 saturated heterocycles. The van der Waals surface area contributed by atoms with Crippen molar-refractivity contribution in [2.75, 3.05) is 0 Å². The monoisotopic (exact) mass is 306 g/mol. The predicted molar refractivity (Wildman–Crippen MR) is 80.2 cm³/mol. The summed E-state index contributed by atoms with van der Waals surface area (Å²) in [6.45, 7) is 0. The average Bonchev–Trinajstić information content (AvgIpc) is 3.12. The summed E-state index contributed by atoms with van der Waals surface area (Å²) in [7, 11) is 0. The maximum Gasteiger partial charge on any atom is 0.279 e. The van der Waals surface area contributed by atoms with E-state index in [9.17, 15) is 9.59 Å². The van der Waals surface area contributed by atoms with Crippen LogP contribution in [0.5, 0.6) is 0 Å². The second-order valence-electron chi connectivity index (χ2n) is 4.65. The highest BCUT2D eigenvalue weighted by Crippen LogP contribution is 2.29. The van der Waals surface area contributed by atoms with E-state index in [1.165, 1.54) is 46.0 Å². The van der Waals surface area contributed by atoms with Crippen molar-refractivity contribution >= 4 is 34.5 Å². The summed E-state index contributed by atoms with van der Waals surface area (Å²) in [6, 6.07) is 5.47. The molecule has 104 valence electrons.